The first-order chi connectivity index (χ1) is 4.83. The first kappa shape index (κ1) is 8.06. The molecule has 1 saturated carbocycles. The fourth-order valence-corrected chi connectivity index (χ4v) is 2.00. The van der Waals surface area contributed by atoms with E-state index in [1.165, 1.54) is 25.7 Å². The van der Waals surface area contributed by atoms with Crippen molar-refractivity contribution in [1.82, 2.24) is 0 Å². The molecule has 0 aliphatic heterocycles. The van der Waals surface area contributed by atoms with Crippen LogP contribution in [0.5, 0.6) is 0 Å². The summed E-state index contributed by atoms with van der Waals surface area (Å²) in [6.07, 6.45) is 6.52. The molecule has 1 fully saturated rings. The molecule has 1 heteroatoms. The third-order valence-electron chi connectivity index (χ3n) is 2.58. The van der Waals surface area contributed by atoms with Crippen LogP contribution in [0.4, 0.5) is 0 Å². The number of rotatable bonds is 2. The maximum atomic E-state index is 8.70. The van der Waals surface area contributed by atoms with E-state index in [9.17, 15) is 0 Å². The second-order valence-corrected chi connectivity index (χ2v) is 3.65. The first-order valence-corrected chi connectivity index (χ1v) is 4.43. The third-order valence-corrected chi connectivity index (χ3v) is 2.58. The van der Waals surface area contributed by atoms with Crippen LogP contribution >= 0.6 is 0 Å². The van der Waals surface area contributed by atoms with Crippen LogP contribution < -0.4 is 0 Å². The minimum Gasteiger partial charge on any atom is -0.396 e. The van der Waals surface area contributed by atoms with Gasteiger partial charge >= 0.3 is 0 Å². The van der Waals surface area contributed by atoms with E-state index in [0.717, 1.165) is 18.3 Å². The fourth-order valence-electron chi connectivity index (χ4n) is 2.00. The number of hydrogen-bond donors (Lipinski definition) is 1. The number of aliphatic hydroxyl groups excluding tert-OH is 1. The van der Waals surface area contributed by atoms with Gasteiger partial charge in [-0.25, -0.2) is 0 Å². The maximum Gasteiger partial charge on any atom is 0.0433 e. The lowest BCUT2D eigenvalue weighted by Crippen LogP contribution is -2.14. The molecule has 1 N–H and O–H groups in total. The van der Waals surface area contributed by atoms with Crippen molar-refractivity contribution >= 4 is 0 Å². The predicted molar refractivity (Wildman–Crippen MR) is 42.8 cm³/mol. The lowest BCUT2D eigenvalue weighted by Gasteiger charge is -2.25. The van der Waals surface area contributed by atoms with E-state index in [4.69, 9.17) is 5.11 Å². The van der Waals surface area contributed by atoms with Gasteiger partial charge in [-0.15, -0.1) is 0 Å². The molecule has 0 saturated heterocycles. The van der Waals surface area contributed by atoms with Crippen molar-refractivity contribution in [2.75, 3.05) is 6.61 Å². The molecular formula is C9H18O. The van der Waals surface area contributed by atoms with Crippen molar-refractivity contribution in [1.29, 1.82) is 0 Å². The Kier molecular flexibility index (Phi) is 3.20. The molecule has 10 heavy (non-hydrogen) atoms. The van der Waals surface area contributed by atoms with E-state index in [0.29, 0.717) is 6.61 Å². The van der Waals surface area contributed by atoms with Gasteiger partial charge in [-0.2, -0.15) is 0 Å². The van der Waals surface area contributed by atoms with E-state index in [1.807, 2.05) is 0 Å². The van der Waals surface area contributed by atoms with Crippen LogP contribution in [0, 0.1) is 11.8 Å². The van der Waals surface area contributed by atoms with Crippen LogP contribution in [0.25, 0.3) is 0 Å². The monoisotopic (exact) mass is 142 g/mol. The Morgan fingerprint density at radius 2 is 2.20 bits per heavy atom. The topological polar surface area (TPSA) is 20.2 Å². The van der Waals surface area contributed by atoms with Gasteiger partial charge in [-0.3, -0.25) is 0 Å². The predicted octanol–water partition coefficient (Wildman–Crippen LogP) is 2.20. The Morgan fingerprint density at radius 3 is 2.80 bits per heavy atom. The molecule has 1 nitrogen and oxygen atoms in total. The minimum absolute atomic E-state index is 0.386. The average Bonchev–Trinajstić information content (AvgIpc) is 1.88. The molecule has 2 atom stereocenters. The molecule has 0 radical (unpaired) electrons. The van der Waals surface area contributed by atoms with Crippen LogP contribution in [0.15, 0.2) is 0 Å². The summed E-state index contributed by atoms with van der Waals surface area (Å²) in [4.78, 5) is 0. The minimum atomic E-state index is 0.386. The maximum absolute atomic E-state index is 8.70. The smallest absolute Gasteiger partial charge is 0.0433 e. The SMILES string of the molecule is CC1CCCC(CCO)C1. The summed E-state index contributed by atoms with van der Waals surface area (Å²) in [5.41, 5.74) is 0. The second-order valence-electron chi connectivity index (χ2n) is 3.65. The summed E-state index contributed by atoms with van der Waals surface area (Å²) in [6.45, 7) is 2.71. The van der Waals surface area contributed by atoms with Crippen molar-refractivity contribution in [2.24, 2.45) is 11.8 Å². The summed E-state index contributed by atoms with van der Waals surface area (Å²) in [5, 5.41) is 8.70. The lowest BCUT2D eigenvalue weighted by molar-refractivity contribution is 0.206. The number of hydrogen-bond acceptors (Lipinski definition) is 1. The highest BCUT2D eigenvalue weighted by Gasteiger charge is 2.17. The zero-order valence-electron chi connectivity index (χ0n) is 6.84. The van der Waals surface area contributed by atoms with Crippen molar-refractivity contribution in [3.05, 3.63) is 0 Å². The summed E-state index contributed by atoms with van der Waals surface area (Å²) in [6, 6.07) is 0. The van der Waals surface area contributed by atoms with Crippen molar-refractivity contribution in [3.63, 3.8) is 0 Å². The van der Waals surface area contributed by atoms with Gasteiger partial charge in [0.05, 0.1) is 0 Å². The standard InChI is InChI=1S/C9H18O/c1-8-3-2-4-9(7-8)5-6-10/h8-10H,2-7H2,1H3. The highest BCUT2D eigenvalue weighted by atomic mass is 16.3. The van der Waals surface area contributed by atoms with Crippen LogP contribution in [0.1, 0.15) is 39.0 Å². The van der Waals surface area contributed by atoms with Gasteiger partial charge in [0, 0.05) is 6.61 Å². The van der Waals surface area contributed by atoms with E-state index in [2.05, 4.69) is 6.92 Å². The number of aliphatic hydroxyl groups is 1. The van der Waals surface area contributed by atoms with E-state index < -0.39 is 0 Å². The highest BCUT2D eigenvalue weighted by Crippen LogP contribution is 2.30. The summed E-state index contributed by atoms with van der Waals surface area (Å²) in [5.74, 6) is 1.74. The van der Waals surface area contributed by atoms with E-state index in [-0.39, 0.29) is 0 Å². The third kappa shape index (κ3) is 2.30. The quantitative estimate of drug-likeness (QED) is 0.626. The normalized spacial score (nSPS) is 34.2. The van der Waals surface area contributed by atoms with Crippen LogP contribution in [-0.4, -0.2) is 11.7 Å². The molecular weight excluding hydrogens is 124 g/mol. The summed E-state index contributed by atoms with van der Waals surface area (Å²) in [7, 11) is 0. The van der Waals surface area contributed by atoms with Crippen LogP contribution in [0.3, 0.4) is 0 Å². The average molecular weight is 142 g/mol. The van der Waals surface area contributed by atoms with Gasteiger partial charge in [-0.05, 0) is 24.7 Å². The van der Waals surface area contributed by atoms with Crippen molar-refractivity contribution in [2.45, 2.75) is 39.0 Å². The Bertz CT molecular complexity index is 88.7. The molecule has 0 aromatic rings. The zero-order valence-corrected chi connectivity index (χ0v) is 6.84. The first-order valence-electron chi connectivity index (χ1n) is 4.43. The molecule has 0 aromatic heterocycles. The van der Waals surface area contributed by atoms with Gasteiger partial charge in [0.2, 0.25) is 0 Å². The molecule has 1 aliphatic rings. The molecule has 0 amide bonds. The Labute approximate surface area is 63.4 Å². The second kappa shape index (κ2) is 3.97. The van der Waals surface area contributed by atoms with Gasteiger partial charge in [-0.1, -0.05) is 26.2 Å². The van der Waals surface area contributed by atoms with E-state index >= 15 is 0 Å². The summed E-state index contributed by atoms with van der Waals surface area (Å²) < 4.78 is 0. The van der Waals surface area contributed by atoms with Crippen molar-refractivity contribution in [3.8, 4) is 0 Å². The lowest BCUT2D eigenvalue weighted by atomic mass is 9.81. The molecule has 0 heterocycles. The highest BCUT2D eigenvalue weighted by molar-refractivity contribution is 4.69. The fraction of sp³-hybridized carbons (Fsp3) is 1.00. The molecule has 0 bridgehead atoms. The van der Waals surface area contributed by atoms with Gasteiger partial charge in [0.15, 0.2) is 0 Å². The molecule has 2 unspecified atom stereocenters. The van der Waals surface area contributed by atoms with Crippen LogP contribution in [0.2, 0.25) is 0 Å². The van der Waals surface area contributed by atoms with Gasteiger partial charge < -0.3 is 5.11 Å². The molecule has 1 aliphatic carbocycles. The Hall–Kier alpha value is -0.0400. The van der Waals surface area contributed by atoms with Crippen LogP contribution in [-0.2, 0) is 0 Å². The Morgan fingerprint density at radius 1 is 1.40 bits per heavy atom. The zero-order chi connectivity index (χ0) is 7.40. The molecule has 1 rings (SSSR count). The van der Waals surface area contributed by atoms with Gasteiger partial charge in [0.25, 0.3) is 0 Å². The Balaban J connectivity index is 2.18. The molecule has 0 spiro atoms. The molecule has 60 valence electrons. The van der Waals surface area contributed by atoms with E-state index in [1.54, 1.807) is 0 Å². The summed E-state index contributed by atoms with van der Waals surface area (Å²) >= 11 is 0. The largest absolute Gasteiger partial charge is 0.396 e. The van der Waals surface area contributed by atoms with Crippen molar-refractivity contribution < 1.29 is 5.11 Å². The van der Waals surface area contributed by atoms with Gasteiger partial charge in [0.1, 0.15) is 0 Å². The molecule has 0 aromatic carbocycles.